The number of rotatable bonds is 2. The van der Waals surface area contributed by atoms with Crippen molar-refractivity contribution >= 4 is 5.91 Å². The Kier molecular flexibility index (Phi) is 3.78. The van der Waals surface area contributed by atoms with Gasteiger partial charge in [-0.3, -0.25) is 9.69 Å². The molecule has 1 amide bonds. The Morgan fingerprint density at radius 1 is 1.11 bits per heavy atom. The topological polar surface area (TPSA) is 44.8 Å². The molecule has 1 N–H and O–H groups in total. The van der Waals surface area contributed by atoms with Crippen LogP contribution in [0.5, 0.6) is 0 Å². The lowest BCUT2D eigenvalue weighted by Crippen LogP contribution is -2.51. The highest BCUT2D eigenvalue weighted by molar-refractivity contribution is 5.78. The lowest BCUT2D eigenvalue weighted by molar-refractivity contribution is -0.144. The number of ether oxygens (including phenoxy) is 1. The summed E-state index contributed by atoms with van der Waals surface area (Å²) in [7, 11) is 0. The predicted octanol–water partition coefficient (Wildman–Crippen LogP) is -0.227. The molecule has 3 fully saturated rings. The number of nitrogens with one attached hydrogen (secondary N) is 1. The fourth-order valence-electron chi connectivity index (χ4n) is 3.75. The number of morpholine rings is 1. The molecule has 3 aliphatic rings. The fraction of sp³-hybridized carbons (Fsp3) is 0.929. The number of amides is 1. The van der Waals surface area contributed by atoms with Crippen LogP contribution in [0.15, 0.2) is 0 Å². The highest BCUT2D eigenvalue weighted by Gasteiger charge is 2.37. The summed E-state index contributed by atoms with van der Waals surface area (Å²) in [4.78, 5) is 16.7. The third kappa shape index (κ3) is 2.93. The van der Waals surface area contributed by atoms with E-state index < -0.39 is 0 Å². The van der Waals surface area contributed by atoms with Crippen LogP contribution in [0, 0.1) is 11.8 Å². The van der Waals surface area contributed by atoms with Crippen molar-refractivity contribution in [1.29, 1.82) is 0 Å². The van der Waals surface area contributed by atoms with Crippen molar-refractivity contribution < 1.29 is 9.53 Å². The van der Waals surface area contributed by atoms with Gasteiger partial charge in [-0.05, 0) is 38.8 Å². The Labute approximate surface area is 115 Å². The van der Waals surface area contributed by atoms with Gasteiger partial charge in [0.25, 0.3) is 0 Å². The van der Waals surface area contributed by atoms with E-state index in [4.69, 9.17) is 4.74 Å². The van der Waals surface area contributed by atoms with E-state index >= 15 is 0 Å². The first kappa shape index (κ1) is 13.3. The average molecular weight is 267 g/mol. The Balaban J connectivity index is 1.51. The molecular formula is C14H25N3O2. The van der Waals surface area contributed by atoms with Gasteiger partial charge in [-0.25, -0.2) is 0 Å². The fourth-order valence-corrected chi connectivity index (χ4v) is 3.75. The number of hydrogen-bond donors (Lipinski definition) is 1. The van der Waals surface area contributed by atoms with Gasteiger partial charge in [0.15, 0.2) is 0 Å². The summed E-state index contributed by atoms with van der Waals surface area (Å²) >= 11 is 0. The van der Waals surface area contributed by atoms with E-state index in [2.05, 4.69) is 10.2 Å². The van der Waals surface area contributed by atoms with Gasteiger partial charge >= 0.3 is 0 Å². The summed E-state index contributed by atoms with van der Waals surface area (Å²) in [5.74, 6) is 1.79. The Morgan fingerprint density at radius 2 is 1.68 bits per heavy atom. The number of carbonyl (C=O) groups is 1. The molecule has 0 saturated carbocycles. The van der Waals surface area contributed by atoms with Gasteiger partial charge in [0, 0.05) is 26.2 Å². The van der Waals surface area contributed by atoms with Crippen molar-refractivity contribution in [3.05, 3.63) is 0 Å². The third-order valence-corrected chi connectivity index (χ3v) is 4.60. The average Bonchev–Trinajstić information content (AvgIpc) is 2.88. The molecule has 3 saturated heterocycles. The molecule has 5 heteroatoms. The molecule has 0 aromatic carbocycles. The zero-order valence-corrected chi connectivity index (χ0v) is 12.0. The van der Waals surface area contributed by atoms with Gasteiger partial charge < -0.3 is 15.0 Å². The summed E-state index contributed by atoms with van der Waals surface area (Å²) < 4.78 is 5.68. The van der Waals surface area contributed by atoms with Gasteiger partial charge in [0.1, 0.15) is 0 Å². The third-order valence-electron chi connectivity index (χ3n) is 4.60. The summed E-state index contributed by atoms with van der Waals surface area (Å²) in [6.07, 6.45) is 0.324. The molecule has 3 heterocycles. The van der Waals surface area contributed by atoms with Crippen LogP contribution in [0.25, 0.3) is 0 Å². The first-order valence-electron chi connectivity index (χ1n) is 7.48. The van der Waals surface area contributed by atoms with Crippen LogP contribution in [0.1, 0.15) is 13.8 Å². The number of fused-ring (bicyclic) bond motifs is 1. The highest BCUT2D eigenvalue weighted by Crippen LogP contribution is 2.26. The first-order chi connectivity index (χ1) is 9.11. The minimum absolute atomic E-state index is 0.162. The predicted molar refractivity (Wildman–Crippen MR) is 72.9 cm³/mol. The molecule has 108 valence electrons. The summed E-state index contributed by atoms with van der Waals surface area (Å²) in [6, 6.07) is 0. The Morgan fingerprint density at radius 3 is 2.26 bits per heavy atom. The quantitative estimate of drug-likeness (QED) is 0.751. The number of likely N-dealkylation sites (tertiary alicyclic amines) is 1. The maximum Gasteiger partial charge on any atom is 0.236 e. The van der Waals surface area contributed by atoms with Crippen LogP contribution in [0.3, 0.4) is 0 Å². The van der Waals surface area contributed by atoms with E-state index in [1.54, 1.807) is 0 Å². The van der Waals surface area contributed by atoms with Gasteiger partial charge in [-0.1, -0.05) is 0 Å². The van der Waals surface area contributed by atoms with Crippen LogP contribution >= 0.6 is 0 Å². The van der Waals surface area contributed by atoms with Crippen molar-refractivity contribution in [2.24, 2.45) is 11.8 Å². The molecule has 0 aromatic heterocycles. The number of hydrogen-bond acceptors (Lipinski definition) is 4. The molecule has 4 atom stereocenters. The van der Waals surface area contributed by atoms with E-state index in [1.807, 2.05) is 18.7 Å². The zero-order chi connectivity index (χ0) is 13.4. The largest absolute Gasteiger partial charge is 0.372 e. The minimum atomic E-state index is 0.162. The highest BCUT2D eigenvalue weighted by atomic mass is 16.5. The molecular weight excluding hydrogens is 242 g/mol. The lowest BCUT2D eigenvalue weighted by Gasteiger charge is -2.36. The molecule has 0 aliphatic carbocycles. The van der Waals surface area contributed by atoms with Gasteiger partial charge in [-0.15, -0.1) is 0 Å². The maximum absolute atomic E-state index is 12.4. The summed E-state index contributed by atoms with van der Waals surface area (Å²) in [5.41, 5.74) is 0. The van der Waals surface area contributed by atoms with E-state index in [0.29, 0.717) is 6.54 Å². The van der Waals surface area contributed by atoms with Crippen molar-refractivity contribution in [1.82, 2.24) is 15.1 Å². The SMILES string of the molecule is CC1CN(C(=O)CN2CC3CNCC3C2)CC(C)O1. The van der Waals surface area contributed by atoms with Gasteiger partial charge in [0.05, 0.1) is 18.8 Å². The normalized spacial score (nSPS) is 39.6. The first-order valence-corrected chi connectivity index (χ1v) is 7.48. The molecule has 0 radical (unpaired) electrons. The second-order valence-electron chi connectivity index (χ2n) is 6.43. The molecule has 0 bridgehead atoms. The molecule has 4 unspecified atom stereocenters. The molecule has 0 spiro atoms. The van der Waals surface area contributed by atoms with Crippen LogP contribution in [-0.4, -0.2) is 73.7 Å². The van der Waals surface area contributed by atoms with E-state index in [-0.39, 0.29) is 18.1 Å². The molecule has 19 heavy (non-hydrogen) atoms. The van der Waals surface area contributed by atoms with Gasteiger partial charge in [-0.2, -0.15) is 0 Å². The molecule has 5 nitrogen and oxygen atoms in total. The second kappa shape index (κ2) is 5.38. The summed E-state index contributed by atoms with van der Waals surface area (Å²) in [6.45, 7) is 10.6. The van der Waals surface area contributed by atoms with Crippen molar-refractivity contribution in [3.8, 4) is 0 Å². The second-order valence-corrected chi connectivity index (χ2v) is 6.43. The van der Waals surface area contributed by atoms with E-state index in [9.17, 15) is 4.79 Å². The van der Waals surface area contributed by atoms with Crippen molar-refractivity contribution in [2.75, 3.05) is 45.8 Å². The van der Waals surface area contributed by atoms with Crippen LogP contribution < -0.4 is 5.32 Å². The molecule has 3 aliphatic heterocycles. The van der Waals surface area contributed by atoms with Crippen LogP contribution in [0.2, 0.25) is 0 Å². The van der Waals surface area contributed by atoms with E-state index in [0.717, 1.165) is 51.1 Å². The van der Waals surface area contributed by atoms with Crippen molar-refractivity contribution in [3.63, 3.8) is 0 Å². The Bertz CT molecular complexity index is 328. The van der Waals surface area contributed by atoms with Crippen LogP contribution in [-0.2, 0) is 9.53 Å². The lowest BCUT2D eigenvalue weighted by atomic mass is 10.0. The zero-order valence-electron chi connectivity index (χ0n) is 12.0. The number of carbonyl (C=O) groups excluding carboxylic acids is 1. The standard InChI is InChI=1S/C14H25N3O2/c1-10-5-17(6-11(2)19-10)14(18)9-16-7-12-3-15-4-13(12)8-16/h10-13,15H,3-9H2,1-2H3. The smallest absolute Gasteiger partial charge is 0.236 e. The molecule has 0 aromatic rings. The van der Waals surface area contributed by atoms with E-state index in [1.165, 1.54) is 0 Å². The summed E-state index contributed by atoms with van der Waals surface area (Å²) in [5, 5.41) is 3.43. The number of nitrogens with zero attached hydrogens (tertiary/aromatic N) is 2. The van der Waals surface area contributed by atoms with Crippen LogP contribution in [0.4, 0.5) is 0 Å². The van der Waals surface area contributed by atoms with Crippen molar-refractivity contribution in [2.45, 2.75) is 26.1 Å². The maximum atomic E-state index is 12.4. The van der Waals surface area contributed by atoms with Gasteiger partial charge in [0.2, 0.25) is 5.91 Å². The minimum Gasteiger partial charge on any atom is -0.372 e. The molecule has 3 rings (SSSR count). The monoisotopic (exact) mass is 267 g/mol. The Hall–Kier alpha value is -0.650.